The molecule has 1 aliphatic rings. The monoisotopic (exact) mass is 256 g/mol. The lowest BCUT2D eigenvalue weighted by Gasteiger charge is -2.32. The Balaban J connectivity index is 1.93. The molecule has 1 saturated heterocycles. The van der Waals surface area contributed by atoms with Crippen LogP contribution in [0.25, 0.3) is 0 Å². The maximum absolute atomic E-state index is 11.4. The number of amides is 1. The Hall–Kier alpha value is -0.650. The number of likely N-dealkylation sites (N-methyl/N-ethyl adjacent to an activating group) is 1. The van der Waals surface area contributed by atoms with Crippen molar-refractivity contribution in [2.75, 3.05) is 59.4 Å². The highest BCUT2D eigenvalue weighted by atomic mass is 16.1. The second-order valence-corrected chi connectivity index (χ2v) is 5.03. The molecule has 0 saturated carbocycles. The van der Waals surface area contributed by atoms with Gasteiger partial charge in [-0.15, -0.1) is 0 Å². The average Bonchev–Trinajstić information content (AvgIpc) is 2.37. The zero-order valence-electron chi connectivity index (χ0n) is 11.9. The molecule has 0 spiro atoms. The van der Waals surface area contributed by atoms with Gasteiger partial charge in [-0.05, 0) is 33.0 Å². The SMILES string of the molecule is CCCNCC(=O)NCCCN1CCN(C)CC1. The predicted octanol–water partition coefficient (Wildman–Crippen LogP) is -0.260. The van der Waals surface area contributed by atoms with E-state index < -0.39 is 0 Å². The normalized spacial score (nSPS) is 17.9. The van der Waals surface area contributed by atoms with Crippen molar-refractivity contribution >= 4 is 5.91 Å². The van der Waals surface area contributed by atoms with Crippen LogP contribution in [0.3, 0.4) is 0 Å². The van der Waals surface area contributed by atoms with Crippen LogP contribution in [0.4, 0.5) is 0 Å². The number of hydrogen-bond donors (Lipinski definition) is 2. The molecule has 1 heterocycles. The highest BCUT2D eigenvalue weighted by molar-refractivity contribution is 5.77. The zero-order chi connectivity index (χ0) is 13.2. The minimum absolute atomic E-state index is 0.113. The van der Waals surface area contributed by atoms with Gasteiger partial charge < -0.3 is 20.4 Å². The van der Waals surface area contributed by atoms with E-state index in [-0.39, 0.29) is 5.91 Å². The van der Waals surface area contributed by atoms with E-state index in [4.69, 9.17) is 0 Å². The van der Waals surface area contributed by atoms with Gasteiger partial charge in [0.05, 0.1) is 6.54 Å². The smallest absolute Gasteiger partial charge is 0.233 e. The summed E-state index contributed by atoms with van der Waals surface area (Å²) in [4.78, 5) is 16.3. The maximum Gasteiger partial charge on any atom is 0.233 e. The lowest BCUT2D eigenvalue weighted by Crippen LogP contribution is -2.45. The fourth-order valence-electron chi connectivity index (χ4n) is 2.04. The van der Waals surface area contributed by atoms with Gasteiger partial charge in [-0.3, -0.25) is 4.79 Å². The Morgan fingerprint density at radius 2 is 1.89 bits per heavy atom. The van der Waals surface area contributed by atoms with Crippen LogP contribution >= 0.6 is 0 Å². The van der Waals surface area contributed by atoms with Gasteiger partial charge in [0.2, 0.25) is 5.91 Å². The van der Waals surface area contributed by atoms with Gasteiger partial charge in [0.25, 0.3) is 0 Å². The van der Waals surface area contributed by atoms with Crippen molar-refractivity contribution in [1.82, 2.24) is 20.4 Å². The van der Waals surface area contributed by atoms with Crippen LogP contribution in [0.5, 0.6) is 0 Å². The second-order valence-electron chi connectivity index (χ2n) is 5.03. The molecule has 0 bridgehead atoms. The Labute approximate surface area is 111 Å². The summed E-state index contributed by atoms with van der Waals surface area (Å²) in [7, 11) is 2.17. The fraction of sp³-hybridized carbons (Fsp3) is 0.923. The minimum Gasteiger partial charge on any atom is -0.355 e. The molecule has 0 aromatic rings. The van der Waals surface area contributed by atoms with Gasteiger partial charge in [0, 0.05) is 32.7 Å². The first-order valence-electron chi connectivity index (χ1n) is 7.10. The molecule has 1 aliphatic heterocycles. The van der Waals surface area contributed by atoms with Crippen molar-refractivity contribution in [2.45, 2.75) is 19.8 Å². The Morgan fingerprint density at radius 1 is 1.17 bits per heavy atom. The van der Waals surface area contributed by atoms with Gasteiger partial charge in [-0.25, -0.2) is 0 Å². The Bertz CT molecular complexity index is 227. The number of carbonyl (C=O) groups is 1. The van der Waals surface area contributed by atoms with Crippen molar-refractivity contribution in [3.63, 3.8) is 0 Å². The number of piperazine rings is 1. The topological polar surface area (TPSA) is 47.6 Å². The van der Waals surface area contributed by atoms with Gasteiger partial charge in [0.1, 0.15) is 0 Å². The Morgan fingerprint density at radius 3 is 2.56 bits per heavy atom. The first kappa shape index (κ1) is 15.4. The largest absolute Gasteiger partial charge is 0.355 e. The Kier molecular flexibility index (Phi) is 7.96. The van der Waals surface area contributed by atoms with Crippen LogP contribution in [0.1, 0.15) is 19.8 Å². The van der Waals surface area contributed by atoms with E-state index in [0.29, 0.717) is 6.54 Å². The first-order valence-corrected chi connectivity index (χ1v) is 7.10. The fourth-order valence-corrected chi connectivity index (χ4v) is 2.04. The summed E-state index contributed by atoms with van der Waals surface area (Å²) in [6.07, 6.45) is 2.11. The minimum atomic E-state index is 0.113. The summed E-state index contributed by atoms with van der Waals surface area (Å²) < 4.78 is 0. The van der Waals surface area contributed by atoms with Crippen molar-refractivity contribution in [3.05, 3.63) is 0 Å². The molecule has 18 heavy (non-hydrogen) atoms. The molecule has 0 aliphatic carbocycles. The van der Waals surface area contributed by atoms with Crippen molar-refractivity contribution in [1.29, 1.82) is 0 Å². The van der Waals surface area contributed by atoms with Gasteiger partial charge in [-0.1, -0.05) is 6.92 Å². The predicted molar refractivity (Wildman–Crippen MR) is 74.7 cm³/mol. The maximum atomic E-state index is 11.4. The van der Waals surface area contributed by atoms with E-state index >= 15 is 0 Å². The van der Waals surface area contributed by atoms with Gasteiger partial charge in [-0.2, -0.15) is 0 Å². The molecule has 0 unspecified atom stereocenters. The molecule has 2 N–H and O–H groups in total. The summed E-state index contributed by atoms with van der Waals surface area (Å²) in [5, 5.41) is 6.05. The lowest BCUT2D eigenvalue weighted by molar-refractivity contribution is -0.120. The van der Waals surface area contributed by atoms with Crippen LogP contribution in [0, 0.1) is 0 Å². The third kappa shape index (κ3) is 6.93. The van der Waals surface area contributed by atoms with Crippen LogP contribution < -0.4 is 10.6 Å². The van der Waals surface area contributed by atoms with E-state index in [9.17, 15) is 4.79 Å². The molecular formula is C13H28N4O. The summed E-state index contributed by atoms with van der Waals surface area (Å²) in [5.41, 5.74) is 0. The van der Waals surface area contributed by atoms with Crippen molar-refractivity contribution < 1.29 is 4.79 Å². The second kappa shape index (κ2) is 9.30. The van der Waals surface area contributed by atoms with E-state index in [1.54, 1.807) is 0 Å². The molecule has 1 fully saturated rings. The van der Waals surface area contributed by atoms with Crippen molar-refractivity contribution in [2.24, 2.45) is 0 Å². The summed E-state index contributed by atoms with van der Waals surface area (Å²) in [5.74, 6) is 0.113. The molecule has 1 rings (SSSR count). The number of nitrogens with zero attached hydrogens (tertiary/aromatic N) is 2. The van der Waals surface area contributed by atoms with Crippen molar-refractivity contribution in [3.8, 4) is 0 Å². The van der Waals surface area contributed by atoms with E-state index in [1.807, 2.05) is 0 Å². The standard InChI is InChI=1S/C13H28N4O/c1-3-5-14-12-13(18)15-6-4-7-17-10-8-16(2)9-11-17/h14H,3-12H2,1-2H3,(H,15,18). The number of rotatable bonds is 8. The first-order chi connectivity index (χ1) is 8.72. The van der Waals surface area contributed by atoms with Crippen LogP contribution in [0.2, 0.25) is 0 Å². The molecule has 0 atom stereocenters. The summed E-state index contributed by atoms with van der Waals surface area (Å²) >= 11 is 0. The molecule has 5 nitrogen and oxygen atoms in total. The number of hydrogen-bond acceptors (Lipinski definition) is 4. The summed E-state index contributed by atoms with van der Waals surface area (Å²) in [6, 6.07) is 0. The van der Waals surface area contributed by atoms with E-state index in [2.05, 4.69) is 34.4 Å². The number of carbonyl (C=O) groups excluding carboxylic acids is 1. The lowest BCUT2D eigenvalue weighted by atomic mass is 10.3. The molecule has 0 radical (unpaired) electrons. The molecule has 106 valence electrons. The van der Waals surface area contributed by atoms with E-state index in [1.165, 1.54) is 0 Å². The molecular weight excluding hydrogens is 228 g/mol. The zero-order valence-corrected chi connectivity index (χ0v) is 11.9. The molecule has 5 heteroatoms. The molecule has 1 amide bonds. The van der Waals surface area contributed by atoms with E-state index in [0.717, 1.165) is 58.7 Å². The van der Waals surface area contributed by atoms with Crippen LogP contribution in [-0.2, 0) is 4.79 Å². The average molecular weight is 256 g/mol. The van der Waals surface area contributed by atoms with Gasteiger partial charge in [0.15, 0.2) is 0 Å². The third-order valence-corrected chi connectivity index (χ3v) is 3.28. The number of nitrogens with one attached hydrogen (secondary N) is 2. The van der Waals surface area contributed by atoms with Crippen LogP contribution in [-0.4, -0.2) is 75.1 Å². The van der Waals surface area contributed by atoms with Gasteiger partial charge >= 0.3 is 0 Å². The molecule has 0 aromatic heterocycles. The molecule has 0 aromatic carbocycles. The summed E-state index contributed by atoms with van der Waals surface area (Å²) in [6.45, 7) is 9.97. The highest BCUT2D eigenvalue weighted by Gasteiger charge is 2.12. The highest BCUT2D eigenvalue weighted by Crippen LogP contribution is 1.99. The quantitative estimate of drug-likeness (QED) is 0.588. The third-order valence-electron chi connectivity index (χ3n) is 3.28. The van der Waals surface area contributed by atoms with Crippen LogP contribution in [0.15, 0.2) is 0 Å².